The Morgan fingerprint density at radius 2 is 2.14 bits per heavy atom. The van der Waals surface area contributed by atoms with Crippen LogP contribution in [-0.2, 0) is 4.74 Å². The van der Waals surface area contributed by atoms with Crippen molar-refractivity contribution in [1.82, 2.24) is 19.5 Å². The number of fused-ring (bicyclic) bond motifs is 1. The molecular weight excluding hydrogens is 278 g/mol. The van der Waals surface area contributed by atoms with Gasteiger partial charge < -0.3 is 32.2 Å². The molecule has 0 amide bonds. The number of nitrogens with zero attached hydrogens (tertiary/aromatic N) is 4. The average Bonchev–Trinajstić information content (AvgIpc) is 2.92. The topological polar surface area (TPSA) is 171 Å². The first-order valence-corrected chi connectivity index (χ1v) is 6.37. The Bertz CT molecular complexity index is 671. The van der Waals surface area contributed by atoms with E-state index in [0.717, 1.165) is 0 Å². The third-order valence-electron chi connectivity index (χ3n) is 3.87. The van der Waals surface area contributed by atoms with Crippen LogP contribution >= 0.6 is 0 Å². The van der Waals surface area contributed by atoms with Crippen LogP contribution in [0.3, 0.4) is 0 Å². The minimum atomic E-state index is -1.78. The summed E-state index contributed by atoms with van der Waals surface area (Å²) in [5, 5.41) is 19.8. The van der Waals surface area contributed by atoms with Gasteiger partial charge >= 0.3 is 0 Å². The maximum absolute atomic E-state index is 10.3. The van der Waals surface area contributed by atoms with Gasteiger partial charge in [0, 0.05) is 5.92 Å². The minimum absolute atomic E-state index is 0.239. The Kier molecular flexibility index (Phi) is 3.07. The van der Waals surface area contributed by atoms with Crippen molar-refractivity contribution in [3.63, 3.8) is 0 Å². The molecule has 1 fully saturated rings. The first-order chi connectivity index (χ1) is 9.84. The highest BCUT2D eigenvalue weighted by Crippen LogP contribution is 2.40. The first-order valence-electron chi connectivity index (χ1n) is 6.37. The summed E-state index contributed by atoms with van der Waals surface area (Å²) in [4.78, 5) is 12.1. The van der Waals surface area contributed by atoms with Crippen molar-refractivity contribution in [3.8, 4) is 0 Å². The van der Waals surface area contributed by atoms with Crippen molar-refractivity contribution in [2.45, 2.75) is 31.2 Å². The van der Waals surface area contributed by atoms with Gasteiger partial charge in [-0.05, 0) is 0 Å². The minimum Gasteiger partial charge on any atom is -0.382 e. The maximum atomic E-state index is 10.3. The molecular formula is C11H17N7O3. The predicted molar refractivity (Wildman–Crippen MR) is 72.1 cm³/mol. The third kappa shape index (κ3) is 1.96. The number of hydrogen-bond donors (Lipinski definition) is 5. The zero-order valence-corrected chi connectivity index (χ0v) is 11.3. The zero-order chi connectivity index (χ0) is 15.4. The van der Waals surface area contributed by atoms with E-state index in [1.807, 2.05) is 0 Å². The van der Waals surface area contributed by atoms with Gasteiger partial charge in [-0.1, -0.05) is 6.92 Å². The molecule has 0 aliphatic carbocycles. The van der Waals surface area contributed by atoms with Crippen LogP contribution in [0.5, 0.6) is 0 Å². The van der Waals surface area contributed by atoms with Crippen LogP contribution in [0.4, 0.5) is 5.82 Å². The quantitative estimate of drug-likeness (QED) is 0.388. The fourth-order valence-electron chi connectivity index (χ4n) is 2.58. The summed E-state index contributed by atoms with van der Waals surface area (Å²) in [5.41, 5.74) is 16.1. The molecule has 0 radical (unpaired) electrons. The molecule has 21 heavy (non-hydrogen) atoms. The first kappa shape index (κ1) is 14.1. The van der Waals surface area contributed by atoms with E-state index in [0.29, 0.717) is 11.2 Å². The monoisotopic (exact) mass is 295 g/mol. The molecule has 10 heteroatoms. The molecule has 3 rings (SSSR count). The van der Waals surface area contributed by atoms with Crippen molar-refractivity contribution in [1.29, 1.82) is 0 Å². The molecule has 1 unspecified atom stereocenters. The van der Waals surface area contributed by atoms with Gasteiger partial charge in [-0.3, -0.25) is 4.57 Å². The van der Waals surface area contributed by atoms with E-state index in [9.17, 15) is 10.2 Å². The zero-order valence-electron chi connectivity index (χ0n) is 11.3. The van der Waals surface area contributed by atoms with E-state index in [-0.39, 0.29) is 5.82 Å². The lowest BCUT2D eigenvalue weighted by molar-refractivity contribution is -0.113. The van der Waals surface area contributed by atoms with Crippen LogP contribution in [0.1, 0.15) is 13.2 Å². The van der Waals surface area contributed by atoms with Crippen LogP contribution in [-0.4, -0.2) is 47.8 Å². The van der Waals surface area contributed by atoms with E-state index >= 15 is 0 Å². The highest BCUT2D eigenvalue weighted by atomic mass is 16.6. The second-order valence-corrected chi connectivity index (χ2v) is 5.20. The normalized spacial score (nSPS) is 34.4. The fourth-order valence-corrected chi connectivity index (χ4v) is 2.58. The highest BCUT2D eigenvalue weighted by Gasteiger charge is 2.54. The second kappa shape index (κ2) is 4.58. The number of aliphatic hydroxyl groups is 2. The second-order valence-electron chi connectivity index (χ2n) is 5.20. The summed E-state index contributed by atoms with van der Waals surface area (Å²) in [6.45, 7) is 1.68. The largest absolute Gasteiger partial charge is 0.382 e. The molecule has 5 atom stereocenters. The van der Waals surface area contributed by atoms with Gasteiger partial charge in [-0.25, -0.2) is 15.0 Å². The number of ether oxygens (including phenoxy) is 1. The molecule has 1 saturated heterocycles. The van der Waals surface area contributed by atoms with Crippen LogP contribution in [0.25, 0.3) is 11.2 Å². The third-order valence-corrected chi connectivity index (χ3v) is 3.87. The Morgan fingerprint density at radius 3 is 2.76 bits per heavy atom. The lowest BCUT2D eigenvalue weighted by atomic mass is 9.94. The van der Waals surface area contributed by atoms with Gasteiger partial charge in [0.25, 0.3) is 0 Å². The number of hydrogen-bond acceptors (Lipinski definition) is 9. The molecule has 8 N–H and O–H groups in total. The summed E-state index contributed by atoms with van der Waals surface area (Å²) in [6.07, 6.45) is -0.462. The molecule has 0 aromatic carbocycles. The van der Waals surface area contributed by atoms with Crippen LogP contribution < -0.4 is 17.2 Å². The van der Waals surface area contributed by atoms with Gasteiger partial charge in [-0.15, -0.1) is 0 Å². The Hall–Kier alpha value is -1.85. The van der Waals surface area contributed by atoms with Gasteiger partial charge in [0.05, 0.1) is 6.33 Å². The summed E-state index contributed by atoms with van der Waals surface area (Å²) >= 11 is 0. The van der Waals surface area contributed by atoms with Crippen molar-refractivity contribution in [2.24, 2.45) is 17.4 Å². The van der Waals surface area contributed by atoms with E-state index in [2.05, 4.69) is 15.0 Å². The smallest absolute Gasteiger partial charge is 0.167 e. The summed E-state index contributed by atoms with van der Waals surface area (Å²) in [5.74, 6) is -0.322. The van der Waals surface area contributed by atoms with Crippen molar-refractivity contribution >= 4 is 17.0 Å². The number of nitrogens with two attached hydrogens (primary N) is 3. The maximum Gasteiger partial charge on any atom is 0.167 e. The lowest BCUT2D eigenvalue weighted by Gasteiger charge is -2.28. The average molecular weight is 295 g/mol. The summed E-state index contributed by atoms with van der Waals surface area (Å²) in [6, 6.07) is 0. The Morgan fingerprint density at radius 1 is 1.43 bits per heavy atom. The number of aliphatic hydroxyl groups excluding tert-OH is 1. The molecule has 114 valence electrons. The van der Waals surface area contributed by atoms with Gasteiger partial charge in [0.1, 0.15) is 30.4 Å². The Labute approximate surface area is 119 Å². The van der Waals surface area contributed by atoms with Gasteiger partial charge in [0.15, 0.2) is 17.2 Å². The van der Waals surface area contributed by atoms with Crippen molar-refractivity contribution in [3.05, 3.63) is 12.7 Å². The van der Waals surface area contributed by atoms with Crippen LogP contribution in [0.2, 0.25) is 0 Å². The number of nitrogen functional groups attached to an aromatic ring is 1. The Balaban J connectivity index is 2.06. The van der Waals surface area contributed by atoms with E-state index in [1.54, 1.807) is 11.5 Å². The molecule has 0 saturated carbocycles. The number of aromatic nitrogens is 4. The molecule has 0 spiro atoms. The molecule has 0 bridgehead atoms. The fraction of sp³-hybridized carbons (Fsp3) is 0.545. The molecule has 1 aliphatic heterocycles. The van der Waals surface area contributed by atoms with Gasteiger partial charge in [-0.2, -0.15) is 0 Å². The van der Waals surface area contributed by atoms with Crippen LogP contribution in [0, 0.1) is 5.92 Å². The predicted octanol–water partition coefficient (Wildman–Crippen LogP) is -2.13. The SMILES string of the molecule is C[C@H]1[C@H](n2cnc3c(N)ncnc32)O[C@H](C(N)O)[C@@]1(N)O. The summed E-state index contributed by atoms with van der Waals surface area (Å²) < 4.78 is 7.20. The van der Waals surface area contributed by atoms with Crippen molar-refractivity contribution in [2.75, 3.05) is 5.73 Å². The number of imidazole rings is 1. The van der Waals surface area contributed by atoms with E-state index in [4.69, 9.17) is 21.9 Å². The molecule has 10 nitrogen and oxygen atoms in total. The number of anilines is 1. The number of rotatable bonds is 2. The van der Waals surface area contributed by atoms with Crippen LogP contribution in [0.15, 0.2) is 12.7 Å². The summed E-state index contributed by atoms with van der Waals surface area (Å²) in [7, 11) is 0. The van der Waals surface area contributed by atoms with Gasteiger partial charge in [0.2, 0.25) is 0 Å². The molecule has 3 heterocycles. The van der Waals surface area contributed by atoms with Crippen molar-refractivity contribution < 1.29 is 14.9 Å². The van der Waals surface area contributed by atoms with E-state index in [1.165, 1.54) is 12.7 Å². The lowest BCUT2D eigenvalue weighted by Crippen LogP contribution is -2.58. The van der Waals surface area contributed by atoms with E-state index < -0.39 is 30.2 Å². The standard InChI is InChI=1S/C11H17N7O3/c1-4-10(21-6(8(13)19)11(4,14)20)18-3-17-5-7(12)15-2-16-9(5)18/h2-4,6,8,10,19-20H,13-14H2,1H3,(H2,12,15,16)/t4-,6+,8?,10+,11-/m0/s1. The molecule has 2 aromatic rings. The molecule has 1 aliphatic rings. The highest BCUT2D eigenvalue weighted by molar-refractivity contribution is 5.81. The molecule has 2 aromatic heterocycles.